The van der Waals surface area contributed by atoms with Crippen molar-refractivity contribution in [3.05, 3.63) is 57.2 Å². The lowest BCUT2D eigenvalue weighted by atomic mass is 10.1. The van der Waals surface area contributed by atoms with Crippen molar-refractivity contribution in [1.82, 2.24) is 9.72 Å². The second-order valence-corrected chi connectivity index (χ2v) is 9.03. The van der Waals surface area contributed by atoms with Gasteiger partial charge in [0.25, 0.3) is 0 Å². The highest BCUT2D eigenvalue weighted by molar-refractivity contribution is 9.10. The molecule has 0 saturated carbocycles. The highest BCUT2D eigenvalue weighted by Gasteiger charge is 2.19. The van der Waals surface area contributed by atoms with Crippen LogP contribution in [0, 0.1) is 17.7 Å². The van der Waals surface area contributed by atoms with Crippen LogP contribution in [0.15, 0.2) is 50.2 Å². The van der Waals surface area contributed by atoms with Crippen LogP contribution < -0.4 is 16.4 Å². The van der Waals surface area contributed by atoms with Crippen LogP contribution in [0.25, 0.3) is 17.1 Å². The molecule has 1 aromatic heterocycles. The quantitative estimate of drug-likeness (QED) is 0.480. The van der Waals surface area contributed by atoms with Gasteiger partial charge in [-0.05, 0) is 64.2 Å². The fourth-order valence-electron chi connectivity index (χ4n) is 3.42. The first-order valence-electron chi connectivity index (χ1n) is 9.86. The molecule has 0 fully saturated rings. The van der Waals surface area contributed by atoms with Crippen LogP contribution in [0.4, 0.5) is 15.8 Å². The number of benzene rings is 2. The molecule has 3 rings (SSSR count). The normalized spacial score (nSPS) is 11.5. The van der Waals surface area contributed by atoms with Crippen LogP contribution in [0.5, 0.6) is 0 Å². The van der Waals surface area contributed by atoms with Crippen LogP contribution in [0.2, 0.25) is 0 Å². The monoisotopic (exact) mass is 476 g/mol. The smallest absolute Gasteiger partial charge is 0.397 e. The number of nitrogens with two attached hydrogens (primary N) is 1. The molecular formula is C22H26BrFN4O2. The Labute approximate surface area is 183 Å². The summed E-state index contributed by atoms with van der Waals surface area (Å²) >= 11 is 3.15. The topological polar surface area (TPSA) is 77.3 Å². The van der Waals surface area contributed by atoms with Crippen molar-refractivity contribution in [2.24, 2.45) is 11.8 Å². The third-order valence-electron chi connectivity index (χ3n) is 4.56. The van der Waals surface area contributed by atoms with Crippen LogP contribution in [0.3, 0.4) is 0 Å². The van der Waals surface area contributed by atoms with Gasteiger partial charge in [-0.1, -0.05) is 32.9 Å². The van der Waals surface area contributed by atoms with E-state index in [9.17, 15) is 9.18 Å². The van der Waals surface area contributed by atoms with E-state index in [-0.39, 0.29) is 4.47 Å². The van der Waals surface area contributed by atoms with Crippen molar-refractivity contribution >= 4 is 27.3 Å². The SMILES string of the molecule is CC(C)CN(CC(C)C)c1ccc(-c2noc(=O)n2-c2ccc(F)c(Br)c2)cc1N. The molecule has 160 valence electrons. The lowest BCUT2D eigenvalue weighted by molar-refractivity contribution is 0.383. The minimum absolute atomic E-state index is 0.243. The average Bonchev–Trinajstić information content (AvgIpc) is 3.04. The largest absolute Gasteiger partial charge is 0.446 e. The number of hydrogen-bond acceptors (Lipinski definition) is 5. The van der Waals surface area contributed by atoms with Crippen LogP contribution >= 0.6 is 15.9 Å². The minimum atomic E-state index is -0.660. The van der Waals surface area contributed by atoms with E-state index in [0.29, 0.717) is 34.6 Å². The zero-order chi connectivity index (χ0) is 22.0. The van der Waals surface area contributed by atoms with Crippen molar-refractivity contribution in [2.45, 2.75) is 27.7 Å². The molecule has 0 amide bonds. The number of halogens is 2. The Balaban J connectivity index is 2.03. The minimum Gasteiger partial charge on any atom is -0.397 e. The molecule has 1 heterocycles. The highest BCUT2D eigenvalue weighted by Crippen LogP contribution is 2.31. The number of nitrogens with zero attached hydrogens (tertiary/aromatic N) is 3. The van der Waals surface area contributed by atoms with Crippen molar-refractivity contribution < 1.29 is 8.91 Å². The summed E-state index contributed by atoms with van der Waals surface area (Å²) < 4.78 is 20.1. The molecule has 0 spiro atoms. The Hall–Kier alpha value is -2.61. The summed E-state index contributed by atoms with van der Waals surface area (Å²) in [5.74, 6) is 0.193. The lowest BCUT2D eigenvalue weighted by Crippen LogP contribution is -2.31. The molecule has 2 aromatic carbocycles. The summed E-state index contributed by atoms with van der Waals surface area (Å²) in [6.45, 7) is 10.5. The maximum Gasteiger partial charge on any atom is 0.446 e. The molecule has 0 saturated heterocycles. The molecule has 0 unspecified atom stereocenters. The summed E-state index contributed by atoms with van der Waals surface area (Å²) in [6.07, 6.45) is 0. The van der Waals surface area contributed by atoms with Gasteiger partial charge in [0.1, 0.15) is 5.82 Å². The molecule has 0 atom stereocenters. The fourth-order valence-corrected chi connectivity index (χ4v) is 3.79. The van der Waals surface area contributed by atoms with Gasteiger partial charge in [0.15, 0.2) is 5.82 Å². The van der Waals surface area contributed by atoms with E-state index in [2.05, 4.69) is 53.7 Å². The van der Waals surface area contributed by atoms with E-state index in [4.69, 9.17) is 10.3 Å². The third-order valence-corrected chi connectivity index (χ3v) is 5.17. The summed E-state index contributed by atoms with van der Waals surface area (Å²) in [6, 6.07) is 9.87. The standard InChI is InChI=1S/C22H26BrFN4O2/c1-13(2)11-27(12-14(3)4)20-8-5-15(9-19(20)25)21-26-30-22(29)28(21)16-6-7-18(24)17(23)10-16/h5-10,13-14H,11-12,25H2,1-4H3. The summed E-state index contributed by atoms with van der Waals surface area (Å²) in [5.41, 5.74) is 9.02. The van der Waals surface area contributed by atoms with E-state index >= 15 is 0 Å². The molecule has 2 N–H and O–H groups in total. The highest BCUT2D eigenvalue weighted by atomic mass is 79.9. The van der Waals surface area contributed by atoms with Crippen molar-refractivity contribution in [3.8, 4) is 17.1 Å². The Morgan fingerprint density at radius 1 is 1.13 bits per heavy atom. The Morgan fingerprint density at radius 3 is 2.37 bits per heavy atom. The predicted molar refractivity (Wildman–Crippen MR) is 121 cm³/mol. The first kappa shape index (κ1) is 22.1. The maximum absolute atomic E-state index is 13.6. The summed E-state index contributed by atoms with van der Waals surface area (Å²) in [4.78, 5) is 14.6. The van der Waals surface area contributed by atoms with Gasteiger partial charge in [0, 0.05) is 18.7 Å². The summed E-state index contributed by atoms with van der Waals surface area (Å²) in [5, 5.41) is 3.92. The van der Waals surface area contributed by atoms with E-state index in [1.54, 1.807) is 6.07 Å². The van der Waals surface area contributed by atoms with Gasteiger partial charge >= 0.3 is 5.76 Å². The van der Waals surface area contributed by atoms with E-state index in [1.165, 1.54) is 22.8 Å². The maximum atomic E-state index is 13.6. The first-order chi connectivity index (χ1) is 14.2. The third kappa shape index (κ3) is 4.75. The van der Waals surface area contributed by atoms with Gasteiger partial charge < -0.3 is 10.6 Å². The molecule has 6 nitrogen and oxygen atoms in total. The van der Waals surface area contributed by atoms with Crippen LogP contribution in [-0.4, -0.2) is 22.8 Å². The van der Waals surface area contributed by atoms with E-state index in [0.717, 1.165) is 18.8 Å². The first-order valence-corrected chi connectivity index (χ1v) is 10.7. The molecule has 30 heavy (non-hydrogen) atoms. The van der Waals surface area contributed by atoms with Crippen LogP contribution in [-0.2, 0) is 0 Å². The number of rotatable bonds is 7. The predicted octanol–water partition coefficient (Wildman–Crippen LogP) is 5.09. The number of nitrogen functional groups attached to an aromatic ring is 1. The van der Waals surface area contributed by atoms with E-state index in [1.807, 2.05) is 12.1 Å². The Morgan fingerprint density at radius 2 is 1.80 bits per heavy atom. The lowest BCUT2D eigenvalue weighted by Gasteiger charge is -2.29. The Kier molecular flexibility index (Phi) is 6.65. The molecule has 3 aromatic rings. The van der Waals surface area contributed by atoms with Crippen molar-refractivity contribution in [2.75, 3.05) is 23.7 Å². The van der Waals surface area contributed by atoms with Crippen molar-refractivity contribution in [3.63, 3.8) is 0 Å². The molecule has 8 heteroatoms. The molecule has 0 bridgehead atoms. The molecule has 0 aliphatic rings. The van der Waals surface area contributed by atoms with Crippen molar-refractivity contribution in [1.29, 1.82) is 0 Å². The summed E-state index contributed by atoms with van der Waals surface area (Å²) in [7, 11) is 0. The number of anilines is 2. The molecule has 0 aliphatic carbocycles. The van der Waals surface area contributed by atoms with Gasteiger partial charge in [-0.3, -0.25) is 4.52 Å². The van der Waals surface area contributed by atoms with Gasteiger partial charge in [0.2, 0.25) is 0 Å². The second kappa shape index (κ2) is 9.04. The Bertz CT molecular complexity index is 1080. The average molecular weight is 477 g/mol. The number of hydrogen-bond donors (Lipinski definition) is 1. The van der Waals surface area contributed by atoms with E-state index < -0.39 is 11.6 Å². The van der Waals surface area contributed by atoms with Gasteiger partial charge in [-0.15, -0.1) is 0 Å². The number of aromatic nitrogens is 2. The zero-order valence-corrected chi connectivity index (χ0v) is 19.1. The molecule has 0 radical (unpaired) electrons. The second-order valence-electron chi connectivity index (χ2n) is 8.17. The van der Waals surface area contributed by atoms with Crippen LogP contribution in [0.1, 0.15) is 27.7 Å². The molecular weight excluding hydrogens is 451 g/mol. The fraction of sp³-hybridized carbons (Fsp3) is 0.364. The van der Waals surface area contributed by atoms with Gasteiger partial charge in [-0.25, -0.2) is 13.8 Å². The zero-order valence-electron chi connectivity index (χ0n) is 17.5. The van der Waals surface area contributed by atoms with Gasteiger partial charge in [0.05, 0.1) is 21.5 Å². The van der Waals surface area contributed by atoms with Gasteiger partial charge in [-0.2, -0.15) is 0 Å². The molecule has 0 aliphatic heterocycles.